The Hall–Kier alpha value is -3.04. The Bertz CT molecular complexity index is 1270. The summed E-state index contributed by atoms with van der Waals surface area (Å²) in [5.74, 6) is -2.16. The first-order valence-electron chi connectivity index (χ1n) is 8.91. The van der Waals surface area contributed by atoms with E-state index in [1.165, 1.54) is 15.9 Å². The molecule has 0 unspecified atom stereocenters. The number of rotatable bonds is 6. The van der Waals surface area contributed by atoms with Crippen LogP contribution in [-0.2, 0) is 11.3 Å². The molecule has 2 aromatic heterocycles. The third-order valence-electron chi connectivity index (χ3n) is 4.25. The van der Waals surface area contributed by atoms with E-state index in [-0.39, 0.29) is 17.0 Å². The highest BCUT2D eigenvalue weighted by Crippen LogP contribution is 2.22. The standard InChI is InChI=1S/C21H15F2N3O2S2/c22-14-6-7-16(15(23)10-14)24-18(27)12-30-21-25-17-8-9-29-19(17)20(28)26(21)11-13-4-2-1-3-5-13/h1-10H,11-12H2,(H,24,27). The molecule has 0 aliphatic carbocycles. The Morgan fingerprint density at radius 1 is 1.13 bits per heavy atom. The zero-order valence-corrected chi connectivity index (χ0v) is 17.1. The Morgan fingerprint density at radius 3 is 2.70 bits per heavy atom. The zero-order valence-electron chi connectivity index (χ0n) is 15.5. The molecule has 30 heavy (non-hydrogen) atoms. The second kappa shape index (κ2) is 8.76. The molecule has 0 saturated heterocycles. The van der Waals surface area contributed by atoms with Gasteiger partial charge in [0.1, 0.15) is 16.3 Å². The highest BCUT2D eigenvalue weighted by Gasteiger charge is 2.15. The normalized spacial score (nSPS) is 11.0. The van der Waals surface area contributed by atoms with Gasteiger partial charge in [-0.15, -0.1) is 11.3 Å². The molecule has 1 amide bonds. The summed E-state index contributed by atoms with van der Waals surface area (Å²) in [6, 6.07) is 14.2. The summed E-state index contributed by atoms with van der Waals surface area (Å²) in [6.45, 7) is 0.317. The summed E-state index contributed by atoms with van der Waals surface area (Å²) in [5, 5.41) is 4.60. The van der Waals surface area contributed by atoms with Crippen molar-refractivity contribution in [3.8, 4) is 0 Å². The molecular formula is C21H15F2N3O2S2. The molecule has 0 aliphatic heterocycles. The second-order valence-corrected chi connectivity index (χ2v) is 8.23. The molecule has 0 fully saturated rings. The Balaban J connectivity index is 1.57. The molecule has 2 heterocycles. The van der Waals surface area contributed by atoms with Crippen LogP contribution in [0, 0.1) is 11.6 Å². The predicted octanol–water partition coefficient (Wildman–Crippen LogP) is 4.52. The molecule has 152 valence electrons. The van der Waals surface area contributed by atoms with E-state index in [4.69, 9.17) is 0 Å². The minimum atomic E-state index is -0.854. The van der Waals surface area contributed by atoms with Gasteiger partial charge < -0.3 is 5.32 Å². The van der Waals surface area contributed by atoms with E-state index in [2.05, 4.69) is 10.3 Å². The maximum Gasteiger partial charge on any atom is 0.272 e. The average Bonchev–Trinajstić information content (AvgIpc) is 3.20. The molecule has 4 rings (SSSR count). The number of benzene rings is 2. The maximum absolute atomic E-state index is 13.8. The van der Waals surface area contributed by atoms with E-state index in [0.29, 0.717) is 28.0 Å². The van der Waals surface area contributed by atoms with Crippen molar-refractivity contribution in [3.05, 3.63) is 87.5 Å². The highest BCUT2D eigenvalue weighted by atomic mass is 32.2. The van der Waals surface area contributed by atoms with Crippen LogP contribution in [0.4, 0.5) is 14.5 Å². The Kier molecular flexibility index (Phi) is 5.91. The fraction of sp³-hybridized carbons (Fsp3) is 0.0952. The van der Waals surface area contributed by atoms with Gasteiger partial charge in [0, 0.05) is 6.07 Å². The number of hydrogen-bond acceptors (Lipinski definition) is 5. The number of amides is 1. The largest absolute Gasteiger partial charge is 0.323 e. The average molecular weight is 444 g/mol. The molecule has 1 N–H and O–H groups in total. The number of fused-ring (bicyclic) bond motifs is 1. The molecule has 9 heteroatoms. The number of hydrogen-bond donors (Lipinski definition) is 1. The number of nitrogens with zero attached hydrogens (tertiary/aromatic N) is 2. The minimum Gasteiger partial charge on any atom is -0.323 e. The highest BCUT2D eigenvalue weighted by molar-refractivity contribution is 7.99. The zero-order chi connectivity index (χ0) is 21.1. The summed E-state index contributed by atoms with van der Waals surface area (Å²) in [5.41, 5.74) is 1.22. The molecule has 5 nitrogen and oxygen atoms in total. The van der Waals surface area contributed by atoms with Crippen LogP contribution in [0.15, 0.2) is 69.9 Å². The van der Waals surface area contributed by atoms with E-state index < -0.39 is 17.5 Å². The Labute approximate surface area is 178 Å². The number of nitrogens with one attached hydrogen (secondary N) is 1. The van der Waals surface area contributed by atoms with Crippen molar-refractivity contribution in [2.75, 3.05) is 11.1 Å². The van der Waals surface area contributed by atoms with E-state index in [1.54, 1.807) is 11.4 Å². The van der Waals surface area contributed by atoms with Gasteiger partial charge in [-0.1, -0.05) is 42.1 Å². The van der Waals surface area contributed by atoms with Crippen molar-refractivity contribution in [2.24, 2.45) is 0 Å². The van der Waals surface area contributed by atoms with Gasteiger partial charge in [0.25, 0.3) is 5.56 Å². The number of carbonyl (C=O) groups excluding carboxylic acids is 1. The first-order valence-corrected chi connectivity index (χ1v) is 10.8. The summed E-state index contributed by atoms with van der Waals surface area (Å²) in [4.78, 5) is 29.8. The number of carbonyl (C=O) groups is 1. The van der Waals surface area contributed by atoms with E-state index in [1.807, 2.05) is 30.3 Å². The number of thioether (sulfide) groups is 1. The van der Waals surface area contributed by atoms with Gasteiger partial charge in [0.05, 0.1) is 23.5 Å². The van der Waals surface area contributed by atoms with Gasteiger partial charge in [-0.2, -0.15) is 0 Å². The van der Waals surface area contributed by atoms with E-state index in [9.17, 15) is 18.4 Å². The monoisotopic (exact) mass is 443 g/mol. The minimum absolute atomic E-state index is 0.0896. The molecular weight excluding hydrogens is 428 g/mol. The molecule has 0 saturated carbocycles. The molecule has 2 aromatic carbocycles. The summed E-state index contributed by atoms with van der Waals surface area (Å²) >= 11 is 2.40. The third kappa shape index (κ3) is 4.42. The van der Waals surface area contributed by atoms with Gasteiger partial charge in [-0.3, -0.25) is 14.2 Å². The number of anilines is 1. The summed E-state index contributed by atoms with van der Waals surface area (Å²) < 4.78 is 28.9. The Morgan fingerprint density at radius 2 is 1.93 bits per heavy atom. The van der Waals surface area contributed by atoms with E-state index in [0.717, 1.165) is 29.5 Å². The fourth-order valence-corrected chi connectivity index (χ4v) is 4.42. The van der Waals surface area contributed by atoms with Crippen LogP contribution in [0.25, 0.3) is 10.2 Å². The second-order valence-electron chi connectivity index (χ2n) is 6.37. The van der Waals surface area contributed by atoms with Gasteiger partial charge in [0.15, 0.2) is 5.16 Å². The lowest BCUT2D eigenvalue weighted by atomic mass is 10.2. The fourth-order valence-electron chi connectivity index (χ4n) is 2.85. The van der Waals surface area contributed by atoms with Gasteiger partial charge >= 0.3 is 0 Å². The van der Waals surface area contributed by atoms with E-state index >= 15 is 0 Å². The van der Waals surface area contributed by atoms with Crippen LogP contribution in [0.5, 0.6) is 0 Å². The molecule has 0 aliphatic rings. The topological polar surface area (TPSA) is 64.0 Å². The number of halogens is 2. The summed E-state index contributed by atoms with van der Waals surface area (Å²) in [7, 11) is 0. The molecule has 4 aromatic rings. The van der Waals surface area contributed by atoms with Crippen LogP contribution in [-0.4, -0.2) is 21.2 Å². The first kappa shape index (κ1) is 20.2. The van der Waals surface area contributed by atoms with Crippen LogP contribution >= 0.6 is 23.1 Å². The smallest absolute Gasteiger partial charge is 0.272 e. The van der Waals surface area contributed by atoms with Gasteiger partial charge in [-0.05, 0) is 29.1 Å². The maximum atomic E-state index is 13.8. The lowest BCUT2D eigenvalue weighted by Crippen LogP contribution is -2.24. The van der Waals surface area contributed by atoms with Gasteiger partial charge in [-0.25, -0.2) is 13.8 Å². The number of aromatic nitrogens is 2. The third-order valence-corrected chi connectivity index (χ3v) is 6.12. The predicted molar refractivity (Wildman–Crippen MR) is 115 cm³/mol. The van der Waals surface area contributed by atoms with Crippen molar-refractivity contribution in [3.63, 3.8) is 0 Å². The first-order chi connectivity index (χ1) is 14.5. The van der Waals surface area contributed by atoms with Gasteiger partial charge in [0.2, 0.25) is 5.91 Å². The van der Waals surface area contributed by atoms with Crippen molar-refractivity contribution in [1.29, 1.82) is 0 Å². The van der Waals surface area contributed by atoms with Crippen molar-refractivity contribution in [2.45, 2.75) is 11.7 Å². The van der Waals surface area contributed by atoms with Crippen LogP contribution < -0.4 is 10.9 Å². The molecule has 0 atom stereocenters. The van der Waals surface area contributed by atoms with Crippen LogP contribution in [0.1, 0.15) is 5.56 Å². The number of thiophene rings is 1. The SMILES string of the molecule is O=C(CSc1nc2ccsc2c(=O)n1Cc1ccccc1)Nc1ccc(F)cc1F. The van der Waals surface area contributed by atoms with Crippen LogP contribution in [0.2, 0.25) is 0 Å². The van der Waals surface area contributed by atoms with Crippen molar-refractivity contribution < 1.29 is 13.6 Å². The molecule has 0 bridgehead atoms. The lowest BCUT2D eigenvalue weighted by Gasteiger charge is -2.12. The van der Waals surface area contributed by atoms with Crippen LogP contribution in [0.3, 0.4) is 0 Å². The lowest BCUT2D eigenvalue weighted by molar-refractivity contribution is -0.113. The van der Waals surface area contributed by atoms with Crippen molar-refractivity contribution >= 4 is 44.9 Å². The molecule has 0 radical (unpaired) electrons. The molecule has 0 spiro atoms. The summed E-state index contributed by atoms with van der Waals surface area (Å²) in [6.07, 6.45) is 0. The van der Waals surface area contributed by atoms with Crippen molar-refractivity contribution in [1.82, 2.24) is 9.55 Å². The quantitative estimate of drug-likeness (QED) is 0.352.